The van der Waals surface area contributed by atoms with E-state index in [4.69, 9.17) is 10.5 Å². The van der Waals surface area contributed by atoms with Crippen molar-refractivity contribution in [3.8, 4) is 6.07 Å². The van der Waals surface area contributed by atoms with Gasteiger partial charge in [-0.1, -0.05) is 12.8 Å². The molecule has 3 N–H and O–H groups in total. The number of aromatic nitrogens is 2. The van der Waals surface area contributed by atoms with Gasteiger partial charge in [-0.3, -0.25) is 9.48 Å². The van der Waals surface area contributed by atoms with E-state index in [1.807, 2.05) is 0 Å². The number of benzene rings is 1. The number of hydrogen-bond donors (Lipinski definition) is 2. The van der Waals surface area contributed by atoms with E-state index >= 15 is 0 Å². The minimum atomic E-state index is -3.59. The first kappa shape index (κ1) is 22.3. The first-order valence-electron chi connectivity index (χ1n) is 10.6. The average molecular weight is 459 g/mol. The molecule has 32 heavy (non-hydrogen) atoms. The Morgan fingerprint density at radius 3 is 2.53 bits per heavy atom. The lowest BCUT2D eigenvalue weighted by molar-refractivity contribution is 0.0730. The molecule has 1 saturated heterocycles. The molecule has 1 aliphatic heterocycles. The third-order valence-corrected chi connectivity index (χ3v) is 7.87. The number of nitriles is 1. The molecule has 10 nitrogen and oxygen atoms in total. The number of rotatable bonds is 6. The quantitative estimate of drug-likeness (QED) is 0.674. The summed E-state index contributed by atoms with van der Waals surface area (Å²) in [7, 11) is -3.59. The molecule has 1 aromatic heterocycles. The van der Waals surface area contributed by atoms with E-state index in [9.17, 15) is 18.5 Å². The van der Waals surface area contributed by atoms with E-state index in [1.165, 1.54) is 16.4 Å². The van der Waals surface area contributed by atoms with Gasteiger partial charge in [0, 0.05) is 25.0 Å². The van der Waals surface area contributed by atoms with E-state index in [0.717, 1.165) is 25.7 Å². The molecule has 0 bridgehead atoms. The van der Waals surface area contributed by atoms with E-state index in [-0.39, 0.29) is 28.2 Å². The van der Waals surface area contributed by atoms with Crippen molar-refractivity contribution in [1.29, 1.82) is 5.26 Å². The molecule has 4 rings (SSSR count). The number of amides is 1. The van der Waals surface area contributed by atoms with Crippen molar-refractivity contribution in [2.75, 3.05) is 31.6 Å². The van der Waals surface area contributed by atoms with Gasteiger partial charge in [0.05, 0.1) is 36.1 Å². The highest BCUT2D eigenvalue weighted by Gasteiger charge is 2.29. The number of anilines is 2. The summed E-state index contributed by atoms with van der Waals surface area (Å²) in [5, 5.41) is 17.0. The Labute approximate surface area is 187 Å². The number of hydrogen-bond acceptors (Lipinski definition) is 7. The second-order valence-corrected chi connectivity index (χ2v) is 9.93. The molecule has 2 heterocycles. The number of ether oxygens (including phenoxy) is 1. The van der Waals surface area contributed by atoms with E-state index in [2.05, 4.69) is 16.5 Å². The van der Waals surface area contributed by atoms with Gasteiger partial charge in [-0.2, -0.15) is 14.7 Å². The number of nitrogens with one attached hydrogen (secondary N) is 1. The molecule has 1 aliphatic carbocycles. The normalized spacial score (nSPS) is 22.2. The first-order chi connectivity index (χ1) is 15.4. The Bertz CT molecular complexity index is 1120. The fourth-order valence-electron chi connectivity index (χ4n) is 4.20. The van der Waals surface area contributed by atoms with Crippen molar-refractivity contribution >= 4 is 27.4 Å². The zero-order valence-electron chi connectivity index (χ0n) is 17.6. The Morgan fingerprint density at radius 1 is 1.19 bits per heavy atom. The number of nitrogens with zero attached hydrogens (tertiary/aromatic N) is 4. The topological polar surface area (TPSA) is 143 Å². The van der Waals surface area contributed by atoms with Crippen LogP contribution < -0.4 is 11.1 Å². The fraction of sp³-hybridized carbons (Fsp3) is 0.476. The summed E-state index contributed by atoms with van der Waals surface area (Å²) in [6, 6.07) is 8.50. The van der Waals surface area contributed by atoms with Crippen LogP contribution in [0.5, 0.6) is 0 Å². The highest BCUT2D eigenvalue weighted by atomic mass is 32.2. The first-order valence-corrected chi connectivity index (χ1v) is 12.1. The zero-order valence-corrected chi connectivity index (χ0v) is 18.4. The molecule has 2 aliphatic rings. The van der Waals surface area contributed by atoms with E-state index in [0.29, 0.717) is 32.0 Å². The smallest absolute Gasteiger partial charge is 0.254 e. The highest BCUT2D eigenvalue weighted by molar-refractivity contribution is 7.89. The van der Waals surface area contributed by atoms with Crippen molar-refractivity contribution in [1.82, 2.24) is 14.1 Å². The van der Waals surface area contributed by atoms with Gasteiger partial charge in [-0.25, -0.2) is 8.42 Å². The van der Waals surface area contributed by atoms with E-state index < -0.39 is 15.9 Å². The number of carbonyl (C=O) groups excluding carboxylic acids is 1. The number of sulfonamides is 1. The maximum Gasteiger partial charge on any atom is 0.254 e. The summed E-state index contributed by atoms with van der Waals surface area (Å²) < 4.78 is 33.9. The van der Waals surface area contributed by atoms with Crippen LogP contribution in [0.2, 0.25) is 0 Å². The number of nitrogens with two attached hydrogens (primary N) is 1. The molecular weight excluding hydrogens is 432 g/mol. The molecule has 0 radical (unpaired) electrons. The Hall–Kier alpha value is -2.94. The van der Waals surface area contributed by atoms with E-state index in [1.54, 1.807) is 23.0 Å². The maximum atomic E-state index is 12.8. The molecule has 0 spiro atoms. The van der Waals surface area contributed by atoms with Crippen molar-refractivity contribution in [3.63, 3.8) is 0 Å². The SMILES string of the molecule is N#C[C@H]1CCCC[C@H]1n1cc(C(N)=O)c(Nc2ccc(S(=O)(=O)N3CCOCC3)cc2)n1. The van der Waals surface area contributed by atoms with Crippen LogP contribution in [-0.4, -0.2) is 54.7 Å². The van der Waals surface area contributed by atoms with Gasteiger partial charge in [0.15, 0.2) is 5.82 Å². The number of primary amides is 1. The molecule has 2 atom stereocenters. The second kappa shape index (κ2) is 9.28. The van der Waals surface area contributed by atoms with Crippen LogP contribution in [0.1, 0.15) is 42.1 Å². The molecule has 0 unspecified atom stereocenters. The lowest BCUT2D eigenvalue weighted by atomic mass is 9.85. The summed E-state index contributed by atoms with van der Waals surface area (Å²) >= 11 is 0. The molecule has 170 valence electrons. The third-order valence-electron chi connectivity index (χ3n) is 5.96. The second-order valence-electron chi connectivity index (χ2n) is 7.99. The Kier molecular flexibility index (Phi) is 6.45. The van der Waals surface area contributed by atoms with Crippen molar-refractivity contribution in [3.05, 3.63) is 36.0 Å². The van der Waals surface area contributed by atoms with Crippen molar-refractivity contribution in [2.24, 2.45) is 11.7 Å². The standard InChI is InChI=1S/C21H26N6O4S/c22-13-15-3-1-2-4-19(15)27-14-18(20(23)28)21(25-27)24-16-5-7-17(8-6-16)32(29,30)26-9-11-31-12-10-26/h5-8,14-15,19H,1-4,9-12H2,(H2,23,28)(H,24,25)/t15-,19-/m1/s1. The predicted octanol–water partition coefficient (Wildman–Crippen LogP) is 2.00. The minimum absolute atomic E-state index is 0.108. The molecule has 1 amide bonds. The summed E-state index contributed by atoms with van der Waals surface area (Å²) in [5.41, 5.74) is 6.34. The van der Waals surface area contributed by atoms with Gasteiger partial charge in [-0.05, 0) is 37.1 Å². The molecule has 1 aromatic carbocycles. The van der Waals surface area contributed by atoms with Gasteiger partial charge in [0.1, 0.15) is 5.56 Å². The van der Waals surface area contributed by atoms with Gasteiger partial charge in [0.25, 0.3) is 5.91 Å². The van der Waals surface area contributed by atoms with Gasteiger partial charge >= 0.3 is 0 Å². The molecule has 11 heteroatoms. The lowest BCUT2D eigenvalue weighted by Crippen LogP contribution is -2.40. The Morgan fingerprint density at radius 2 is 1.88 bits per heavy atom. The largest absolute Gasteiger partial charge is 0.379 e. The summed E-state index contributed by atoms with van der Waals surface area (Å²) in [6.45, 7) is 1.41. The molecule has 1 saturated carbocycles. The molecule has 2 aromatic rings. The van der Waals surface area contributed by atoms with Crippen LogP contribution in [-0.2, 0) is 14.8 Å². The summed E-state index contributed by atoms with van der Waals surface area (Å²) in [5.74, 6) is -0.514. The molecular formula is C21H26N6O4S. The maximum absolute atomic E-state index is 12.8. The van der Waals surface area contributed by atoms with Crippen molar-refractivity contribution < 1.29 is 17.9 Å². The van der Waals surface area contributed by atoms with Crippen LogP contribution in [0.15, 0.2) is 35.4 Å². The molecule has 2 fully saturated rings. The highest BCUT2D eigenvalue weighted by Crippen LogP contribution is 2.34. The predicted molar refractivity (Wildman–Crippen MR) is 117 cm³/mol. The lowest BCUT2D eigenvalue weighted by Gasteiger charge is -2.26. The summed E-state index contributed by atoms with van der Waals surface area (Å²) in [4.78, 5) is 12.2. The van der Waals surface area contributed by atoms with Crippen LogP contribution in [0.3, 0.4) is 0 Å². The third kappa shape index (κ3) is 4.48. The zero-order chi connectivity index (χ0) is 22.7. The summed E-state index contributed by atoms with van der Waals surface area (Å²) in [6.07, 6.45) is 5.20. The minimum Gasteiger partial charge on any atom is -0.379 e. The number of morpholine rings is 1. The van der Waals surface area contributed by atoms with Gasteiger partial charge in [0.2, 0.25) is 10.0 Å². The van der Waals surface area contributed by atoms with Crippen LogP contribution >= 0.6 is 0 Å². The van der Waals surface area contributed by atoms with Crippen LogP contribution in [0.25, 0.3) is 0 Å². The number of carbonyl (C=O) groups is 1. The van der Waals surface area contributed by atoms with Crippen LogP contribution in [0.4, 0.5) is 11.5 Å². The van der Waals surface area contributed by atoms with Gasteiger partial charge < -0.3 is 15.8 Å². The van der Waals surface area contributed by atoms with Crippen molar-refractivity contribution in [2.45, 2.75) is 36.6 Å². The fourth-order valence-corrected chi connectivity index (χ4v) is 5.60. The average Bonchev–Trinajstić information content (AvgIpc) is 3.24. The Balaban J connectivity index is 1.55. The monoisotopic (exact) mass is 458 g/mol. The van der Waals surface area contributed by atoms with Gasteiger partial charge in [-0.15, -0.1) is 0 Å². The van der Waals surface area contributed by atoms with Crippen LogP contribution in [0, 0.1) is 17.2 Å².